The Morgan fingerprint density at radius 2 is 1.53 bits per heavy atom. The zero-order valence-corrected chi connectivity index (χ0v) is 27.4. The molecule has 1 unspecified atom stereocenters. The minimum Gasteiger partial charge on any atom is -0.495 e. The predicted octanol–water partition coefficient (Wildman–Crippen LogP) is 6.36. The molecule has 0 aliphatic heterocycles. The highest BCUT2D eigenvalue weighted by Gasteiger charge is 2.35. The molecule has 4 rings (SSSR count). The topological polar surface area (TPSA) is 96.0 Å². The maximum absolute atomic E-state index is 14.5. The molecule has 0 aliphatic rings. The van der Waals surface area contributed by atoms with E-state index in [0.29, 0.717) is 28.6 Å². The van der Waals surface area contributed by atoms with Crippen LogP contribution in [0.1, 0.15) is 24.5 Å². The molecule has 0 fully saturated rings. The molecule has 1 atom stereocenters. The van der Waals surface area contributed by atoms with Gasteiger partial charge in [0.1, 0.15) is 18.3 Å². The van der Waals surface area contributed by atoms with Crippen LogP contribution in [0.4, 0.5) is 5.69 Å². The van der Waals surface area contributed by atoms with Gasteiger partial charge in [-0.05, 0) is 53.9 Å². The smallest absolute Gasteiger partial charge is 0.264 e. The second-order valence-electron chi connectivity index (χ2n) is 10.3. The van der Waals surface area contributed by atoms with Gasteiger partial charge in [-0.25, -0.2) is 8.42 Å². The molecule has 0 heterocycles. The summed E-state index contributed by atoms with van der Waals surface area (Å²) in [7, 11) is -2.83. The number of methoxy groups -OCH3 is 1. The van der Waals surface area contributed by atoms with Crippen molar-refractivity contribution in [2.24, 2.45) is 0 Å². The van der Waals surface area contributed by atoms with Crippen molar-refractivity contribution in [1.29, 1.82) is 0 Å². The zero-order valence-electron chi connectivity index (χ0n) is 25.0. The van der Waals surface area contributed by atoms with Gasteiger partial charge in [0, 0.05) is 29.6 Å². The molecular formula is C34H35Cl2N3O5S. The monoisotopic (exact) mass is 667 g/mol. The van der Waals surface area contributed by atoms with E-state index >= 15 is 0 Å². The van der Waals surface area contributed by atoms with Crippen molar-refractivity contribution in [2.75, 3.05) is 24.5 Å². The number of halogens is 2. The summed E-state index contributed by atoms with van der Waals surface area (Å²) in [5.74, 6) is -0.716. The van der Waals surface area contributed by atoms with Gasteiger partial charge in [-0.2, -0.15) is 0 Å². The van der Waals surface area contributed by atoms with E-state index in [1.807, 2.05) is 37.3 Å². The summed E-state index contributed by atoms with van der Waals surface area (Å²) in [6.07, 6.45) is 0.880. The number of nitrogens with one attached hydrogen (secondary N) is 1. The van der Waals surface area contributed by atoms with Gasteiger partial charge in [0.25, 0.3) is 10.0 Å². The number of ether oxygens (including phenoxy) is 1. The third-order valence-corrected chi connectivity index (χ3v) is 9.50. The number of hydrogen-bond donors (Lipinski definition) is 1. The van der Waals surface area contributed by atoms with Crippen LogP contribution in [0.5, 0.6) is 5.75 Å². The molecule has 11 heteroatoms. The molecule has 0 aliphatic carbocycles. The van der Waals surface area contributed by atoms with Crippen LogP contribution in [0.2, 0.25) is 10.0 Å². The molecule has 0 saturated heterocycles. The number of carbonyl (C=O) groups is 2. The molecular weight excluding hydrogens is 633 g/mol. The van der Waals surface area contributed by atoms with Crippen LogP contribution in [0.3, 0.4) is 0 Å². The lowest BCUT2D eigenvalue weighted by molar-refractivity contribution is -0.140. The van der Waals surface area contributed by atoms with Gasteiger partial charge >= 0.3 is 0 Å². The SMILES string of the molecule is CCCNC(=O)C(Cc1ccccc1)N(Cc1ccc(Cl)cc1Cl)C(=O)CN(c1ccccc1OC)S(=O)(=O)c1ccccc1. The molecule has 1 N–H and O–H groups in total. The van der Waals surface area contributed by atoms with Crippen LogP contribution in [-0.2, 0) is 32.6 Å². The van der Waals surface area contributed by atoms with Crippen molar-refractivity contribution < 1.29 is 22.7 Å². The maximum Gasteiger partial charge on any atom is 0.264 e. The van der Waals surface area contributed by atoms with Crippen LogP contribution in [-0.4, -0.2) is 51.4 Å². The van der Waals surface area contributed by atoms with Crippen molar-refractivity contribution in [3.8, 4) is 5.75 Å². The van der Waals surface area contributed by atoms with Crippen LogP contribution < -0.4 is 14.4 Å². The molecule has 0 bridgehead atoms. The number of carbonyl (C=O) groups excluding carboxylic acids is 2. The lowest BCUT2D eigenvalue weighted by Crippen LogP contribution is -2.53. The van der Waals surface area contributed by atoms with E-state index in [9.17, 15) is 18.0 Å². The van der Waals surface area contributed by atoms with Crippen molar-refractivity contribution in [3.63, 3.8) is 0 Å². The fourth-order valence-corrected chi connectivity index (χ4v) is 6.74. The summed E-state index contributed by atoms with van der Waals surface area (Å²) >= 11 is 12.7. The van der Waals surface area contributed by atoms with Crippen LogP contribution in [0.25, 0.3) is 0 Å². The summed E-state index contributed by atoms with van der Waals surface area (Å²) in [4.78, 5) is 29.7. The number of amides is 2. The maximum atomic E-state index is 14.5. The number of nitrogens with zero attached hydrogens (tertiary/aromatic N) is 2. The fourth-order valence-electron chi connectivity index (χ4n) is 4.82. The first-order valence-corrected chi connectivity index (χ1v) is 16.6. The Labute approximate surface area is 274 Å². The lowest BCUT2D eigenvalue weighted by atomic mass is 10.0. The Hall–Kier alpha value is -4.05. The molecule has 4 aromatic rings. The van der Waals surface area contributed by atoms with Crippen LogP contribution in [0, 0.1) is 0 Å². The molecule has 2 amide bonds. The average Bonchev–Trinajstić information content (AvgIpc) is 3.05. The third kappa shape index (κ3) is 8.57. The summed E-state index contributed by atoms with van der Waals surface area (Å²) in [5, 5.41) is 3.65. The molecule has 0 spiro atoms. The van der Waals surface area contributed by atoms with E-state index in [-0.39, 0.29) is 35.2 Å². The number of sulfonamides is 1. The largest absolute Gasteiger partial charge is 0.495 e. The van der Waals surface area contributed by atoms with Crippen LogP contribution in [0.15, 0.2) is 108 Å². The Morgan fingerprint density at radius 1 is 0.889 bits per heavy atom. The second-order valence-corrected chi connectivity index (χ2v) is 13.0. The number of rotatable bonds is 14. The van der Waals surface area contributed by atoms with Gasteiger partial charge in [0.05, 0.1) is 17.7 Å². The number of hydrogen-bond acceptors (Lipinski definition) is 5. The van der Waals surface area contributed by atoms with Gasteiger partial charge in [0.2, 0.25) is 11.8 Å². The van der Waals surface area contributed by atoms with Crippen molar-refractivity contribution in [1.82, 2.24) is 10.2 Å². The van der Waals surface area contributed by atoms with Crippen LogP contribution >= 0.6 is 23.2 Å². The molecule has 0 radical (unpaired) electrons. The first-order chi connectivity index (χ1) is 21.6. The Kier molecular flexibility index (Phi) is 11.9. The highest BCUT2D eigenvalue weighted by Crippen LogP contribution is 2.33. The minimum atomic E-state index is -4.26. The summed E-state index contributed by atoms with van der Waals surface area (Å²) in [6, 6.07) is 27.6. The first kappa shape index (κ1) is 33.8. The third-order valence-electron chi connectivity index (χ3n) is 7.14. The van der Waals surface area contributed by atoms with Gasteiger partial charge < -0.3 is 15.0 Å². The predicted molar refractivity (Wildman–Crippen MR) is 178 cm³/mol. The van der Waals surface area contributed by atoms with E-state index in [1.54, 1.807) is 60.7 Å². The molecule has 0 saturated carbocycles. The van der Waals surface area contributed by atoms with E-state index in [4.69, 9.17) is 27.9 Å². The average molecular weight is 669 g/mol. The normalized spacial score (nSPS) is 11.8. The van der Waals surface area contributed by atoms with E-state index < -0.39 is 28.5 Å². The number of para-hydroxylation sites is 2. The van der Waals surface area contributed by atoms with Crippen molar-refractivity contribution in [3.05, 3.63) is 124 Å². The standard InChI is InChI=1S/C34H35Cl2N3O5S/c1-3-20-37-34(41)31(21-25-12-6-4-7-13-25)38(23-26-18-19-27(35)22-29(26)36)33(40)24-39(30-16-10-11-17-32(30)44-2)45(42,43)28-14-8-5-9-15-28/h4-19,22,31H,3,20-21,23-24H2,1-2H3,(H,37,41). The van der Waals surface area contributed by atoms with E-state index in [2.05, 4.69) is 5.32 Å². The molecule has 8 nitrogen and oxygen atoms in total. The van der Waals surface area contributed by atoms with Crippen molar-refractivity contribution in [2.45, 2.75) is 37.2 Å². The van der Waals surface area contributed by atoms with E-state index in [0.717, 1.165) is 9.87 Å². The quantitative estimate of drug-likeness (QED) is 0.169. The van der Waals surface area contributed by atoms with E-state index in [1.165, 1.54) is 24.1 Å². The second kappa shape index (κ2) is 15.8. The summed E-state index contributed by atoms with van der Waals surface area (Å²) in [6.45, 7) is 1.65. The number of benzene rings is 4. The van der Waals surface area contributed by atoms with Crippen molar-refractivity contribution >= 4 is 50.7 Å². The summed E-state index contributed by atoms with van der Waals surface area (Å²) < 4.78 is 34.8. The Bertz CT molecular complexity index is 1710. The Morgan fingerprint density at radius 3 is 2.18 bits per heavy atom. The number of anilines is 1. The highest BCUT2D eigenvalue weighted by molar-refractivity contribution is 7.92. The Balaban J connectivity index is 1.83. The van der Waals surface area contributed by atoms with Gasteiger partial charge in [-0.1, -0.05) is 96.9 Å². The summed E-state index contributed by atoms with van der Waals surface area (Å²) in [5.41, 5.74) is 1.55. The fraction of sp³-hybridized carbons (Fsp3) is 0.235. The highest BCUT2D eigenvalue weighted by atomic mass is 35.5. The first-order valence-electron chi connectivity index (χ1n) is 14.4. The lowest BCUT2D eigenvalue weighted by Gasteiger charge is -2.34. The van der Waals surface area contributed by atoms with Gasteiger partial charge in [-0.15, -0.1) is 0 Å². The van der Waals surface area contributed by atoms with Gasteiger partial charge in [-0.3, -0.25) is 13.9 Å². The minimum absolute atomic E-state index is 0.00229. The van der Waals surface area contributed by atoms with Gasteiger partial charge in [0.15, 0.2) is 0 Å². The molecule has 236 valence electrons. The molecule has 4 aromatic carbocycles. The molecule has 0 aromatic heterocycles. The molecule has 45 heavy (non-hydrogen) atoms. The zero-order chi connectivity index (χ0) is 32.4.